The average Bonchev–Trinajstić information content (AvgIpc) is 2.75. The molecule has 1 aliphatic rings. The molecule has 0 amide bonds. The van der Waals surface area contributed by atoms with Gasteiger partial charge in [0.15, 0.2) is 0 Å². The van der Waals surface area contributed by atoms with E-state index in [1.54, 1.807) is 18.7 Å². The van der Waals surface area contributed by atoms with Crippen LogP contribution in [-0.2, 0) is 28.2 Å². The Morgan fingerprint density at radius 3 is 2.16 bits per heavy atom. The third-order valence-corrected chi connectivity index (χ3v) is 7.56. The maximum absolute atomic E-state index is 12.3. The highest BCUT2D eigenvalue weighted by Gasteiger charge is 2.66. The van der Waals surface area contributed by atoms with Gasteiger partial charge in [0.2, 0.25) is 0 Å². The summed E-state index contributed by atoms with van der Waals surface area (Å²) in [6.07, 6.45) is -0.0414. The van der Waals surface area contributed by atoms with E-state index in [0.29, 0.717) is 5.56 Å². The van der Waals surface area contributed by atoms with Gasteiger partial charge in [-0.15, -0.1) is 0 Å². The highest BCUT2D eigenvalue weighted by molar-refractivity contribution is 6.74. The maximum Gasteiger partial charge on any atom is 0.357 e. The molecule has 6 heteroatoms. The van der Waals surface area contributed by atoms with E-state index < -0.39 is 25.5 Å². The van der Waals surface area contributed by atoms with Gasteiger partial charge in [-0.2, -0.15) is 0 Å². The van der Waals surface area contributed by atoms with E-state index >= 15 is 0 Å². The first-order valence-corrected chi connectivity index (χ1v) is 8.23. The molecule has 102 valence electrons. The number of cyclic esters (lactones) is 2. The van der Waals surface area contributed by atoms with Crippen LogP contribution in [0, 0.1) is 0 Å². The van der Waals surface area contributed by atoms with Crippen molar-refractivity contribution in [2.24, 2.45) is 0 Å². The van der Waals surface area contributed by atoms with Gasteiger partial charge in [-0.25, -0.2) is 0 Å². The predicted molar refractivity (Wildman–Crippen MR) is 69.5 cm³/mol. The van der Waals surface area contributed by atoms with E-state index in [4.69, 9.17) is 13.6 Å². The van der Waals surface area contributed by atoms with Gasteiger partial charge >= 0.3 is 20.5 Å². The van der Waals surface area contributed by atoms with Gasteiger partial charge in [0.05, 0.1) is 6.42 Å². The first kappa shape index (κ1) is 13.9. The molecule has 0 aliphatic carbocycles. The summed E-state index contributed by atoms with van der Waals surface area (Å²) in [7, 11) is 0.0374. The van der Waals surface area contributed by atoms with Gasteiger partial charge in [0.1, 0.15) is 5.04 Å². The summed E-state index contributed by atoms with van der Waals surface area (Å²) < 4.78 is 15.8. The largest absolute Gasteiger partial charge is 0.397 e. The maximum atomic E-state index is 12.3. The Morgan fingerprint density at radius 1 is 1.16 bits per heavy atom. The Hall–Kier alpha value is -1.50. The van der Waals surface area contributed by atoms with Crippen LogP contribution >= 0.6 is 0 Å². The molecule has 1 heterocycles. The lowest BCUT2D eigenvalue weighted by Crippen LogP contribution is -2.60. The van der Waals surface area contributed by atoms with Crippen molar-refractivity contribution >= 4 is 20.5 Å². The molecule has 1 unspecified atom stereocenters. The number of hydrogen-bond acceptors (Lipinski definition) is 5. The molecular weight excluding hydrogens is 264 g/mol. The number of hydrogen-bond donors (Lipinski definition) is 0. The minimum Gasteiger partial charge on any atom is -0.397 e. The van der Waals surface area contributed by atoms with Crippen molar-refractivity contribution in [1.82, 2.24) is 0 Å². The van der Waals surface area contributed by atoms with E-state index in [1.807, 2.05) is 18.2 Å². The summed E-state index contributed by atoms with van der Waals surface area (Å²) in [4.78, 5) is 23.9. The summed E-state index contributed by atoms with van der Waals surface area (Å²) in [6.45, 7) is 1.76. The number of ether oxygens (including phenoxy) is 1. The van der Waals surface area contributed by atoms with Crippen LogP contribution < -0.4 is 0 Å². The molecule has 0 radical (unpaired) electrons. The smallest absolute Gasteiger partial charge is 0.357 e. The molecular formula is C13H16O5Si. The molecule has 1 aromatic rings. The third-order valence-electron chi connectivity index (χ3n) is 3.79. The summed E-state index contributed by atoms with van der Waals surface area (Å²) in [5.41, 5.74) is 0.698. The molecule has 1 aliphatic heterocycles. The van der Waals surface area contributed by atoms with Crippen molar-refractivity contribution in [3.63, 3.8) is 0 Å². The molecule has 5 nitrogen and oxygen atoms in total. The lowest BCUT2D eigenvalue weighted by molar-refractivity contribution is -0.153. The highest BCUT2D eigenvalue weighted by atomic mass is 28.4. The van der Waals surface area contributed by atoms with Gasteiger partial charge < -0.3 is 13.6 Å². The Balaban J connectivity index is 2.64. The fourth-order valence-electron chi connectivity index (χ4n) is 2.50. The first-order valence-electron chi connectivity index (χ1n) is 5.91. The number of esters is 2. The van der Waals surface area contributed by atoms with E-state index in [-0.39, 0.29) is 6.42 Å². The molecule has 0 aromatic heterocycles. The molecule has 0 bridgehead atoms. The Kier molecular flexibility index (Phi) is 3.57. The van der Waals surface area contributed by atoms with Crippen molar-refractivity contribution in [2.75, 3.05) is 14.2 Å². The topological polar surface area (TPSA) is 61.8 Å². The fourth-order valence-corrected chi connectivity index (χ4v) is 4.94. The third kappa shape index (κ3) is 1.92. The van der Waals surface area contributed by atoms with Crippen LogP contribution in [0.4, 0.5) is 0 Å². The predicted octanol–water partition coefficient (Wildman–Crippen LogP) is 1.30. The molecule has 0 saturated carbocycles. The van der Waals surface area contributed by atoms with E-state index in [2.05, 4.69) is 0 Å². The molecule has 19 heavy (non-hydrogen) atoms. The zero-order valence-electron chi connectivity index (χ0n) is 11.1. The van der Waals surface area contributed by atoms with Crippen molar-refractivity contribution in [2.45, 2.75) is 18.0 Å². The molecule has 1 fully saturated rings. The summed E-state index contributed by atoms with van der Waals surface area (Å²) in [5.74, 6) is -1.12. The van der Waals surface area contributed by atoms with Crippen LogP contribution in [0.5, 0.6) is 0 Å². The second-order valence-electron chi connectivity index (χ2n) is 4.56. The Labute approximate surface area is 112 Å². The van der Waals surface area contributed by atoms with Crippen molar-refractivity contribution in [1.29, 1.82) is 0 Å². The van der Waals surface area contributed by atoms with Crippen LogP contribution in [0.1, 0.15) is 12.0 Å². The number of carbonyl (C=O) groups is 2. The quantitative estimate of drug-likeness (QED) is 0.472. The van der Waals surface area contributed by atoms with Crippen LogP contribution in [0.25, 0.3) is 0 Å². The van der Waals surface area contributed by atoms with Crippen molar-refractivity contribution < 1.29 is 23.2 Å². The van der Waals surface area contributed by atoms with Crippen LogP contribution in [0.3, 0.4) is 0 Å². The normalized spacial score (nSPS) is 23.5. The molecule has 0 spiro atoms. The molecule has 2 rings (SSSR count). The van der Waals surface area contributed by atoms with Crippen LogP contribution in [-0.4, -0.2) is 34.7 Å². The summed E-state index contributed by atoms with van der Waals surface area (Å²) in [6, 6.07) is 9.06. The SMILES string of the molecule is CO[Si](C)(OC)C1(c2ccccc2)CC(=O)OC1=O. The summed E-state index contributed by atoms with van der Waals surface area (Å²) >= 11 is 0. The Bertz CT molecular complexity index is 497. The number of benzene rings is 1. The van der Waals surface area contributed by atoms with Gasteiger partial charge in [0.25, 0.3) is 0 Å². The second-order valence-corrected chi connectivity index (χ2v) is 8.13. The zero-order valence-corrected chi connectivity index (χ0v) is 12.1. The van der Waals surface area contributed by atoms with Crippen LogP contribution in [0.15, 0.2) is 30.3 Å². The van der Waals surface area contributed by atoms with Crippen molar-refractivity contribution in [3.05, 3.63) is 35.9 Å². The fraction of sp³-hybridized carbons (Fsp3) is 0.385. The number of carbonyl (C=O) groups excluding carboxylic acids is 2. The van der Waals surface area contributed by atoms with E-state index in [1.165, 1.54) is 14.2 Å². The lowest BCUT2D eigenvalue weighted by Gasteiger charge is -2.37. The minimum absolute atomic E-state index is 0.0414. The monoisotopic (exact) mass is 280 g/mol. The minimum atomic E-state index is -2.96. The van der Waals surface area contributed by atoms with Gasteiger partial charge in [-0.05, 0) is 12.1 Å². The van der Waals surface area contributed by atoms with Crippen molar-refractivity contribution in [3.8, 4) is 0 Å². The van der Waals surface area contributed by atoms with Crippen LogP contribution in [0.2, 0.25) is 6.55 Å². The van der Waals surface area contributed by atoms with Gasteiger partial charge in [-0.1, -0.05) is 30.3 Å². The summed E-state index contributed by atoms with van der Waals surface area (Å²) in [5, 5.41) is -1.14. The molecule has 0 N–H and O–H groups in total. The Morgan fingerprint density at radius 2 is 1.74 bits per heavy atom. The highest BCUT2D eigenvalue weighted by Crippen LogP contribution is 2.43. The lowest BCUT2D eigenvalue weighted by atomic mass is 9.96. The standard InChI is InChI=1S/C13H16O5Si/c1-16-19(3,17-2)13(9-11(14)18-12(13)15)10-7-5-4-6-8-10/h4-8H,9H2,1-3H3. The second kappa shape index (κ2) is 4.88. The first-order chi connectivity index (χ1) is 9.00. The zero-order chi connectivity index (χ0) is 14.1. The van der Waals surface area contributed by atoms with E-state index in [9.17, 15) is 9.59 Å². The van der Waals surface area contributed by atoms with Gasteiger partial charge in [0, 0.05) is 14.2 Å². The number of rotatable bonds is 4. The van der Waals surface area contributed by atoms with E-state index in [0.717, 1.165) is 0 Å². The van der Waals surface area contributed by atoms with Gasteiger partial charge in [-0.3, -0.25) is 9.59 Å². The average molecular weight is 280 g/mol. The molecule has 1 atom stereocenters. The molecule has 1 aromatic carbocycles. The molecule has 1 saturated heterocycles.